The van der Waals surface area contributed by atoms with Gasteiger partial charge in [-0.25, -0.2) is 4.68 Å². The Labute approximate surface area is 179 Å². The largest absolute Gasteiger partial charge is 0.297 e. The lowest BCUT2D eigenvalue weighted by Gasteiger charge is -2.34. The minimum Gasteiger partial charge on any atom is -0.297 e. The van der Waals surface area contributed by atoms with Crippen LogP contribution in [0.5, 0.6) is 0 Å². The zero-order chi connectivity index (χ0) is 19.5. The molecular formula is C20H21Cl2N5S. The van der Waals surface area contributed by atoms with Gasteiger partial charge in [-0.05, 0) is 48.1 Å². The van der Waals surface area contributed by atoms with Gasteiger partial charge in [0.25, 0.3) is 0 Å². The highest BCUT2D eigenvalue weighted by atomic mass is 35.5. The molecule has 1 aliphatic heterocycles. The molecule has 0 N–H and O–H groups in total. The van der Waals surface area contributed by atoms with Crippen molar-refractivity contribution in [2.75, 3.05) is 26.2 Å². The van der Waals surface area contributed by atoms with Gasteiger partial charge in [0.05, 0.1) is 12.4 Å². The minimum absolute atomic E-state index is 0.672. The highest BCUT2D eigenvalue weighted by molar-refractivity contribution is 7.71. The van der Waals surface area contributed by atoms with E-state index < -0.39 is 0 Å². The van der Waals surface area contributed by atoms with Gasteiger partial charge < -0.3 is 0 Å². The molecule has 1 aromatic heterocycles. The van der Waals surface area contributed by atoms with Crippen LogP contribution in [-0.2, 0) is 13.2 Å². The summed E-state index contributed by atoms with van der Waals surface area (Å²) in [6.45, 7) is 5.66. The molecule has 8 heteroatoms. The molecule has 146 valence electrons. The van der Waals surface area contributed by atoms with Crippen molar-refractivity contribution in [1.82, 2.24) is 24.1 Å². The van der Waals surface area contributed by atoms with Crippen LogP contribution in [0.4, 0.5) is 0 Å². The first-order valence-corrected chi connectivity index (χ1v) is 10.3. The molecule has 0 bridgehead atoms. The molecule has 1 saturated heterocycles. The number of rotatable bonds is 5. The van der Waals surface area contributed by atoms with Crippen molar-refractivity contribution in [1.29, 1.82) is 0 Å². The summed E-state index contributed by atoms with van der Waals surface area (Å²) in [5, 5.41) is 5.94. The van der Waals surface area contributed by atoms with Crippen LogP contribution in [0, 0.1) is 4.77 Å². The van der Waals surface area contributed by atoms with E-state index in [0.29, 0.717) is 16.5 Å². The van der Waals surface area contributed by atoms with E-state index in [-0.39, 0.29) is 0 Å². The van der Waals surface area contributed by atoms with E-state index in [0.717, 1.165) is 43.4 Å². The first-order valence-electron chi connectivity index (χ1n) is 9.18. The third-order valence-corrected chi connectivity index (χ3v) is 5.83. The summed E-state index contributed by atoms with van der Waals surface area (Å²) in [5.41, 5.74) is 2.22. The summed E-state index contributed by atoms with van der Waals surface area (Å²) >= 11 is 17.7. The van der Waals surface area contributed by atoms with E-state index in [4.69, 9.17) is 35.4 Å². The van der Waals surface area contributed by atoms with E-state index in [1.807, 2.05) is 45.6 Å². The van der Waals surface area contributed by atoms with Crippen molar-refractivity contribution >= 4 is 35.4 Å². The second-order valence-corrected chi connectivity index (χ2v) is 8.16. The lowest BCUT2D eigenvalue weighted by molar-refractivity contribution is 0.0981. The molecule has 0 aliphatic carbocycles. The van der Waals surface area contributed by atoms with Crippen molar-refractivity contribution in [3.63, 3.8) is 0 Å². The van der Waals surface area contributed by atoms with Gasteiger partial charge >= 0.3 is 0 Å². The van der Waals surface area contributed by atoms with Crippen molar-refractivity contribution < 1.29 is 0 Å². The van der Waals surface area contributed by atoms with Gasteiger partial charge in [-0.1, -0.05) is 41.4 Å². The van der Waals surface area contributed by atoms with Crippen molar-refractivity contribution in [2.45, 2.75) is 13.2 Å². The molecule has 0 atom stereocenters. The summed E-state index contributed by atoms with van der Waals surface area (Å²) in [4.78, 5) is 4.84. The van der Waals surface area contributed by atoms with Gasteiger partial charge in [-0.2, -0.15) is 5.10 Å². The van der Waals surface area contributed by atoms with E-state index in [2.05, 4.69) is 27.0 Å². The fourth-order valence-corrected chi connectivity index (χ4v) is 3.93. The second-order valence-electron chi connectivity index (χ2n) is 6.92. The van der Waals surface area contributed by atoms with Crippen LogP contribution in [-0.4, -0.2) is 50.3 Å². The van der Waals surface area contributed by atoms with Crippen molar-refractivity contribution in [2.24, 2.45) is 0 Å². The standard InChI is InChI=1S/C20H21Cl2N5S/c21-17-6-4-16(5-7-17)13-24-8-10-25(11-9-24)15-27-20(28)26(14-23-27)19-3-1-2-18(22)12-19/h1-7,12,14H,8-11,13,15H2. The Morgan fingerprint density at radius 3 is 2.32 bits per heavy atom. The van der Waals surface area contributed by atoms with Crippen LogP contribution in [0.3, 0.4) is 0 Å². The Morgan fingerprint density at radius 1 is 0.893 bits per heavy atom. The lowest BCUT2D eigenvalue weighted by atomic mass is 10.2. The predicted molar refractivity (Wildman–Crippen MR) is 116 cm³/mol. The number of nitrogens with zero attached hydrogens (tertiary/aromatic N) is 5. The van der Waals surface area contributed by atoms with Crippen LogP contribution in [0.25, 0.3) is 5.69 Å². The van der Waals surface area contributed by atoms with Crippen LogP contribution < -0.4 is 0 Å². The van der Waals surface area contributed by atoms with Crippen molar-refractivity contribution in [3.05, 3.63) is 75.2 Å². The maximum atomic E-state index is 6.09. The molecule has 0 radical (unpaired) electrons. The molecule has 5 nitrogen and oxygen atoms in total. The monoisotopic (exact) mass is 433 g/mol. The Kier molecular flexibility index (Phi) is 6.13. The smallest absolute Gasteiger partial charge is 0.203 e. The van der Waals surface area contributed by atoms with Gasteiger partial charge in [-0.3, -0.25) is 14.4 Å². The molecule has 3 aromatic rings. The molecule has 2 aromatic carbocycles. The molecule has 0 saturated carbocycles. The molecule has 0 spiro atoms. The molecule has 1 fully saturated rings. The first-order chi connectivity index (χ1) is 13.6. The maximum Gasteiger partial charge on any atom is 0.203 e. The van der Waals surface area contributed by atoms with Gasteiger partial charge in [0.1, 0.15) is 6.33 Å². The highest BCUT2D eigenvalue weighted by Gasteiger charge is 2.18. The summed E-state index contributed by atoms with van der Waals surface area (Å²) < 4.78 is 4.43. The van der Waals surface area contributed by atoms with Crippen LogP contribution in [0.15, 0.2) is 54.9 Å². The molecule has 2 heterocycles. The Morgan fingerprint density at radius 2 is 1.61 bits per heavy atom. The summed E-state index contributed by atoms with van der Waals surface area (Å²) in [6.07, 6.45) is 1.75. The Hall–Kier alpha value is -1.70. The number of hydrogen-bond acceptors (Lipinski definition) is 4. The van der Waals surface area contributed by atoms with Gasteiger partial charge in [0.2, 0.25) is 4.77 Å². The zero-order valence-corrected chi connectivity index (χ0v) is 17.7. The SMILES string of the molecule is S=c1n(-c2cccc(Cl)c2)cnn1CN1CCN(Cc2ccc(Cl)cc2)CC1. The lowest BCUT2D eigenvalue weighted by Crippen LogP contribution is -2.46. The molecule has 28 heavy (non-hydrogen) atoms. The van der Waals surface area contributed by atoms with E-state index in [9.17, 15) is 0 Å². The summed E-state index contributed by atoms with van der Waals surface area (Å²) in [6, 6.07) is 15.7. The first kappa shape index (κ1) is 19.6. The van der Waals surface area contributed by atoms with Crippen molar-refractivity contribution in [3.8, 4) is 5.69 Å². The van der Waals surface area contributed by atoms with Gasteiger partial charge in [0.15, 0.2) is 0 Å². The Balaban J connectivity index is 1.35. The third-order valence-electron chi connectivity index (χ3n) is 4.94. The normalized spacial score (nSPS) is 15.8. The average Bonchev–Trinajstić information content (AvgIpc) is 3.05. The van der Waals surface area contributed by atoms with E-state index in [1.165, 1.54) is 5.56 Å². The van der Waals surface area contributed by atoms with E-state index >= 15 is 0 Å². The zero-order valence-electron chi connectivity index (χ0n) is 15.3. The fourth-order valence-electron chi connectivity index (χ4n) is 3.36. The third kappa shape index (κ3) is 4.64. The molecule has 4 rings (SSSR count). The summed E-state index contributed by atoms with van der Waals surface area (Å²) in [5.74, 6) is 0. The van der Waals surface area contributed by atoms with E-state index in [1.54, 1.807) is 6.33 Å². The summed E-state index contributed by atoms with van der Waals surface area (Å²) in [7, 11) is 0. The maximum absolute atomic E-state index is 6.09. The highest BCUT2D eigenvalue weighted by Crippen LogP contribution is 2.16. The molecule has 0 amide bonds. The fraction of sp³-hybridized carbons (Fsp3) is 0.300. The van der Waals surface area contributed by atoms with Crippen LogP contribution in [0.1, 0.15) is 5.56 Å². The van der Waals surface area contributed by atoms with Crippen LogP contribution >= 0.6 is 35.4 Å². The minimum atomic E-state index is 0.672. The molecule has 0 unspecified atom stereocenters. The Bertz CT molecular complexity index is 990. The number of piperazine rings is 1. The van der Waals surface area contributed by atoms with Gasteiger partial charge in [-0.15, -0.1) is 0 Å². The van der Waals surface area contributed by atoms with Gasteiger partial charge in [0, 0.05) is 42.8 Å². The number of benzene rings is 2. The molecule has 1 aliphatic rings. The van der Waals surface area contributed by atoms with Crippen LogP contribution in [0.2, 0.25) is 10.0 Å². The predicted octanol–water partition coefficient (Wildman–Crippen LogP) is 4.49. The second kappa shape index (κ2) is 8.76. The molecular weight excluding hydrogens is 413 g/mol. The number of halogens is 2. The number of aromatic nitrogens is 3. The quantitative estimate of drug-likeness (QED) is 0.554. The number of hydrogen-bond donors (Lipinski definition) is 0. The topological polar surface area (TPSA) is 29.2 Å². The average molecular weight is 434 g/mol.